The lowest BCUT2D eigenvalue weighted by Crippen LogP contribution is -2.30. The summed E-state index contributed by atoms with van der Waals surface area (Å²) in [5, 5.41) is 0. The molecule has 23 heavy (non-hydrogen) atoms. The maximum Gasteiger partial charge on any atom is 0.202 e. The maximum absolute atomic E-state index is 4.72. The van der Waals surface area contributed by atoms with Crippen molar-refractivity contribution in [2.24, 2.45) is 0 Å². The van der Waals surface area contributed by atoms with Crippen LogP contribution in [0.5, 0.6) is 0 Å². The molecule has 0 saturated heterocycles. The van der Waals surface area contributed by atoms with E-state index in [-0.39, 0.29) is 0 Å². The van der Waals surface area contributed by atoms with Gasteiger partial charge in [-0.3, -0.25) is 0 Å². The average molecular weight is 296 g/mol. The molecule has 2 aromatic carbocycles. The molecule has 0 bridgehead atoms. The molecule has 0 N–H and O–H groups in total. The highest BCUT2D eigenvalue weighted by molar-refractivity contribution is 5.81. The van der Waals surface area contributed by atoms with E-state index in [0.717, 1.165) is 22.5 Å². The number of pyridine rings is 1. The first-order valence-electron chi connectivity index (χ1n) is 7.67. The van der Waals surface area contributed by atoms with Crippen LogP contribution in [0, 0.1) is 0 Å². The van der Waals surface area contributed by atoms with Gasteiger partial charge in [-0.2, -0.15) is 10.8 Å². The normalized spacial score (nSPS) is 10.6. The van der Waals surface area contributed by atoms with E-state index in [9.17, 15) is 0 Å². The lowest BCUT2D eigenvalue weighted by atomic mass is 10.0. The molecule has 0 aliphatic carbocycles. The van der Waals surface area contributed by atoms with Gasteiger partial charge in [-0.1, -0.05) is 72.4 Å². The summed E-state index contributed by atoms with van der Waals surface area (Å²) in [4.78, 5) is 4.72. The molecule has 0 aliphatic rings. The topological polar surface area (TPSA) is 18.0 Å². The lowest BCUT2D eigenvalue weighted by Gasteiger charge is -2.09. The molecule has 0 unspecified atom stereocenters. The van der Waals surface area contributed by atoms with Crippen molar-refractivity contribution in [3.05, 3.63) is 97.5 Å². The van der Waals surface area contributed by atoms with Crippen LogP contribution in [0.25, 0.3) is 28.1 Å². The minimum atomic E-state index is 1.00. The number of hydrogen-bond acceptors (Lipinski definition) is 0. The van der Waals surface area contributed by atoms with Crippen molar-refractivity contribution in [3.63, 3.8) is 0 Å². The fourth-order valence-electron chi connectivity index (χ4n) is 2.82. The Morgan fingerprint density at radius 2 is 1.17 bits per heavy atom. The summed E-state index contributed by atoms with van der Waals surface area (Å²) in [6.45, 7) is 0. The van der Waals surface area contributed by atoms with Crippen LogP contribution < -0.4 is 9.55 Å². The Morgan fingerprint density at radius 3 is 1.83 bits per heavy atom. The molecular weight excluding hydrogens is 280 g/mol. The van der Waals surface area contributed by atoms with E-state index in [4.69, 9.17) is 4.98 Å². The summed E-state index contributed by atoms with van der Waals surface area (Å²) in [5.74, 6) is 0. The summed E-state index contributed by atoms with van der Waals surface area (Å²) in [5.41, 5.74) is 5.55. The third-order valence-electron chi connectivity index (χ3n) is 3.91. The first kappa shape index (κ1) is 13.5. The molecule has 0 atom stereocenters. The van der Waals surface area contributed by atoms with E-state index in [0.29, 0.717) is 0 Å². The molecule has 4 aromatic rings. The van der Waals surface area contributed by atoms with Gasteiger partial charge in [0.2, 0.25) is 5.69 Å². The third kappa shape index (κ3) is 2.55. The highest BCUT2D eigenvalue weighted by Gasteiger charge is 2.16. The van der Waals surface area contributed by atoms with Crippen molar-refractivity contribution < 1.29 is 4.57 Å². The number of hydrogen-bond donors (Lipinski definition) is 0. The number of benzene rings is 2. The predicted octanol–water partition coefficient (Wildman–Crippen LogP) is 4.25. The fourth-order valence-corrected chi connectivity index (χ4v) is 2.82. The quantitative estimate of drug-likeness (QED) is 0.517. The van der Waals surface area contributed by atoms with Crippen LogP contribution in [0.1, 0.15) is 0 Å². The average Bonchev–Trinajstić information content (AvgIpc) is 3.09. The zero-order valence-corrected chi connectivity index (χ0v) is 12.6. The Balaban J connectivity index is 1.97. The van der Waals surface area contributed by atoms with E-state index in [1.807, 2.05) is 48.7 Å². The Hall–Kier alpha value is -3.13. The fraction of sp³-hybridized carbons (Fsp3) is 0. The first-order valence-corrected chi connectivity index (χ1v) is 7.67. The van der Waals surface area contributed by atoms with Gasteiger partial charge >= 0.3 is 0 Å². The number of aromatic nitrogens is 2. The van der Waals surface area contributed by atoms with Crippen LogP contribution in [0.2, 0.25) is 0 Å². The lowest BCUT2D eigenvalue weighted by molar-refractivity contribution is -0.594. The van der Waals surface area contributed by atoms with Crippen molar-refractivity contribution in [1.82, 2.24) is 4.98 Å². The van der Waals surface area contributed by atoms with E-state index in [1.165, 1.54) is 5.56 Å². The van der Waals surface area contributed by atoms with Gasteiger partial charge in [0.1, 0.15) is 0 Å². The van der Waals surface area contributed by atoms with Crippen LogP contribution in [0.4, 0.5) is 0 Å². The maximum atomic E-state index is 4.72. The van der Waals surface area contributed by atoms with Gasteiger partial charge < -0.3 is 4.98 Å². The van der Waals surface area contributed by atoms with Gasteiger partial charge in [-0.15, -0.1) is 0 Å². The Kier molecular flexibility index (Phi) is 3.49. The Morgan fingerprint density at radius 1 is 0.609 bits per heavy atom. The third-order valence-corrected chi connectivity index (χ3v) is 3.91. The van der Waals surface area contributed by atoms with E-state index >= 15 is 0 Å². The first-order chi connectivity index (χ1) is 11.4. The summed E-state index contributed by atoms with van der Waals surface area (Å²) in [7, 11) is 0. The zero-order chi connectivity index (χ0) is 15.5. The van der Waals surface area contributed by atoms with Crippen LogP contribution in [-0.4, -0.2) is 0 Å². The summed E-state index contributed by atoms with van der Waals surface area (Å²) in [6, 6.07) is 26.8. The Bertz CT molecular complexity index is 838. The van der Waals surface area contributed by atoms with Crippen LogP contribution in [-0.2, 0) is 0 Å². The van der Waals surface area contributed by atoms with Crippen molar-refractivity contribution in [2.75, 3.05) is 0 Å². The van der Waals surface area contributed by atoms with E-state index in [1.54, 1.807) is 0 Å². The van der Waals surface area contributed by atoms with Gasteiger partial charge in [0.15, 0.2) is 12.4 Å². The molecule has 2 nitrogen and oxygen atoms in total. The smallest absolute Gasteiger partial charge is 0.202 e. The SMILES string of the molecule is c1ccc(-c2c[n-]c(-c3ccccc3)c2-[n+]2ccccc2)cc1. The second kappa shape index (κ2) is 5.93. The summed E-state index contributed by atoms with van der Waals surface area (Å²) in [6.07, 6.45) is 6.10. The van der Waals surface area contributed by atoms with Gasteiger partial charge in [0.25, 0.3) is 0 Å². The molecule has 2 aromatic heterocycles. The van der Waals surface area contributed by atoms with Gasteiger partial charge in [-0.25, -0.2) is 0 Å². The molecule has 0 aliphatic heterocycles. The van der Waals surface area contributed by atoms with Gasteiger partial charge in [0, 0.05) is 17.7 Å². The van der Waals surface area contributed by atoms with Gasteiger partial charge in [-0.05, 0) is 11.1 Å². The second-order valence-corrected chi connectivity index (χ2v) is 5.38. The molecule has 0 spiro atoms. The monoisotopic (exact) mass is 296 g/mol. The molecule has 110 valence electrons. The van der Waals surface area contributed by atoms with E-state index < -0.39 is 0 Å². The zero-order valence-electron chi connectivity index (χ0n) is 12.6. The standard InChI is InChI=1S/C21H16N2/c1-4-10-17(11-5-1)19-16-22-20(18-12-6-2-7-13-18)21(19)23-14-8-3-9-15-23/h1-16H. The molecule has 4 rings (SSSR count). The van der Waals surface area contributed by atoms with Crippen molar-refractivity contribution in [3.8, 4) is 28.1 Å². The second-order valence-electron chi connectivity index (χ2n) is 5.38. The molecule has 0 saturated carbocycles. The van der Waals surface area contributed by atoms with Crippen LogP contribution >= 0.6 is 0 Å². The van der Waals surface area contributed by atoms with Crippen LogP contribution in [0.15, 0.2) is 97.5 Å². The molecule has 2 heterocycles. The molecular formula is C21H16N2. The number of nitrogens with zero attached hydrogens (tertiary/aromatic N) is 2. The predicted molar refractivity (Wildman–Crippen MR) is 92.2 cm³/mol. The largest absolute Gasteiger partial charge is 0.658 e. The van der Waals surface area contributed by atoms with Crippen molar-refractivity contribution >= 4 is 0 Å². The number of rotatable bonds is 3. The molecule has 2 heteroatoms. The van der Waals surface area contributed by atoms with Gasteiger partial charge in [0.05, 0.1) is 0 Å². The van der Waals surface area contributed by atoms with Crippen molar-refractivity contribution in [2.45, 2.75) is 0 Å². The molecule has 0 amide bonds. The summed E-state index contributed by atoms with van der Waals surface area (Å²) < 4.78 is 2.14. The van der Waals surface area contributed by atoms with Crippen LogP contribution in [0.3, 0.4) is 0 Å². The Labute approximate surface area is 135 Å². The van der Waals surface area contributed by atoms with E-state index in [2.05, 4.69) is 53.4 Å². The minimum Gasteiger partial charge on any atom is -0.658 e. The minimum absolute atomic E-state index is 1.00. The highest BCUT2D eigenvalue weighted by Crippen LogP contribution is 2.31. The highest BCUT2D eigenvalue weighted by atomic mass is 15.0. The molecule has 0 fully saturated rings. The molecule has 0 radical (unpaired) electrons. The summed E-state index contributed by atoms with van der Waals surface area (Å²) >= 11 is 0. The van der Waals surface area contributed by atoms with Crippen molar-refractivity contribution in [1.29, 1.82) is 0 Å².